The molecule has 0 aliphatic rings. The Morgan fingerprint density at radius 1 is 0.323 bits per heavy atom. The van der Waals surface area contributed by atoms with E-state index in [1.807, 2.05) is 0 Å². The summed E-state index contributed by atoms with van der Waals surface area (Å²) in [6, 6.07) is 0. The molecule has 0 fully saturated rings. The molecule has 368 valence electrons. The molecule has 0 spiro atoms. The minimum absolute atomic E-state index is 0.0638. The molecule has 6 nitrogen and oxygen atoms in total. The first kappa shape index (κ1) is 60.4. The van der Waals surface area contributed by atoms with E-state index in [-0.39, 0.29) is 31.1 Å². The zero-order valence-electron chi connectivity index (χ0n) is 42.5. The first-order chi connectivity index (χ1) is 30.3. The number of carbonyl (C=O) groups is 3. The van der Waals surface area contributed by atoms with E-state index < -0.39 is 6.10 Å². The largest absolute Gasteiger partial charge is 0.462 e. The Hall–Kier alpha value is -1.59. The van der Waals surface area contributed by atoms with Gasteiger partial charge in [0.1, 0.15) is 13.2 Å². The van der Waals surface area contributed by atoms with Crippen LogP contribution in [0.25, 0.3) is 0 Å². The lowest BCUT2D eigenvalue weighted by atomic mass is 9.99. The predicted molar refractivity (Wildman–Crippen MR) is 266 cm³/mol. The van der Waals surface area contributed by atoms with Gasteiger partial charge in [0.2, 0.25) is 0 Å². The minimum Gasteiger partial charge on any atom is -0.462 e. The van der Waals surface area contributed by atoms with Crippen molar-refractivity contribution in [3.8, 4) is 0 Å². The number of hydrogen-bond acceptors (Lipinski definition) is 6. The molecule has 0 radical (unpaired) electrons. The third-order valence-corrected chi connectivity index (χ3v) is 13.4. The second kappa shape index (κ2) is 48.9. The summed E-state index contributed by atoms with van der Waals surface area (Å²) in [7, 11) is 0. The third kappa shape index (κ3) is 46.4. The van der Waals surface area contributed by atoms with E-state index in [0.717, 1.165) is 69.6 Å². The lowest BCUT2D eigenvalue weighted by molar-refractivity contribution is -0.167. The number of unbranched alkanes of at least 4 members (excludes halogenated alkanes) is 33. The lowest BCUT2D eigenvalue weighted by Gasteiger charge is -2.18. The summed E-state index contributed by atoms with van der Waals surface area (Å²) in [5.41, 5.74) is 0. The van der Waals surface area contributed by atoms with Gasteiger partial charge in [-0.3, -0.25) is 14.4 Å². The van der Waals surface area contributed by atoms with E-state index >= 15 is 0 Å². The number of hydrogen-bond donors (Lipinski definition) is 0. The Morgan fingerprint density at radius 2 is 0.565 bits per heavy atom. The van der Waals surface area contributed by atoms with Gasteiger partial charge in [0, 0.05) is 19.3 Å². The van der Waals surface area contributed by atoms with Crippen molar-refractivity contribution in [2.45, 2.75) is 317 Å². The van der Waals surface area contributed by atoms with Crippen LogP contribution in [0, 0.1) is 11.8 Å². The summed E-state index contributed by atoms with van der Waals surface area (Å²) in [6.45, 7) is 11.4. The quantitative estimate of drug-likeness (QED) is 0.0344. The molecule has 0 aliphatic carbocycles. The Kier molecular flexibility index (Phi) is 47.6. The molecule has 0 aromatic heterocycles. The molecule has 0 aliphatic heterocycles. The van der Waals surface area contributed by atoms with Crippen LogP contribution < -0.4 is 0 Å². The molecule has 0 aromatic rings. The maximum atomic E-state index is 12.8. The van der Waals surface area contributed by atoms with Gasteiger partial charge in [0.15, 0.2) is 6.10 Å². The van der Waals surface area contributed by atoms with Crippen LogP contribution in [0.3, 0.4) is 0 Å². The zero-order valence-corrected chi connectivity index (χ0v) is 42.5. The Balaban J connectivity index is 4.18. The Labute approximate surface area is 387 Å². The van der Waals surface area contributed by atoms with Gasteiger partial charge in [-0.15, -0.1) is 0 Å². The van der Waals surface area contributed by atoms with Crippen LogP contribution >= 0.6 is 0 Å². The molecule has 0 heterocycles. The lowest BCUT2D eigenvalue weighted by Crippen LogP contribution is -2.30. The SMILES string of the molecule is CCCCCCCCCCCCCCC(=O)O[C@H](COC(=O)CCCCCCCCCCCCCCCCCCCCC(C)CC)COC(=O)CCCCCCCCC(C)CC. The van der Waals surface area contributed by atoms with E-state index in [9.17, 15) is 14.4 Å². The normalized spacial score (nSPS) is 12.9. The molecular weight excluding hydrogens is 769 g/mol. The van der Waals surface area contributed by atoms with Crippen molar-refractivity contribution >= 4 is 17.9 Å². The van der Waals surface area contributed by atoms with Gasteiger partial charge in [-0.25, -0.2) is 0 Å². The average molecular weight is 877 g/mol. The van der Waals surface area contributed by atoms with Crippen LogP contribution in [-0.2, 0) is 28.6 Å². The van der Waals surface area contributed by atoms with Crippen LogP contribution in [0.15, 0.2) is 0 Å². The highest BCUT2D eigenvalue weighted by Gasteiger charge is 2.19. The molecule has 3 atom stereocenters. The summed E-state index contributed by atoms with van der Waals surface area (Å²) in [5.74, 6) is 0.877. The van der Waals surface area contributed by atoms with Gasteiger partial charge in [-0.1, -0.05) is 272 Å². The van der Waals surface area contributed by atoms with Crippen LogP contribution in [0.4, 0.5) is 0 Å². The van der Waals surface area contributed by atoms with Crippen molar-refractivity contribution < 1.29 is 28.6 Å². The molecule has 0 amide bonds. The maximum Gasteiger partial charge on any atom is 0.306 e. The molecule has 0 bridgehead atoms. The van der Waals surface area contributed by atoms with Crippen LogP contribution in [-0.4, -0.2) is 37.2 Å². The van der Waals surface area contributed by atoms with E-state index in [0.29, 0.717) is 19.3 Å². The van der Waals surface area contributed by atoms with Crippen molar-refractivity contribution in [3.05, 3.63) is 0 Å². The fourth-order valence-electron chi connectivity index (χ4n) is 8.46. The van der Waals surface area contributed by atoms with Gasteiger partial charge in [0.05, 0.1) is 0 Å². The highest BCUT2D eigenvalue weighted by Crippen LogP contribution is 2.19. The van der Waals surface area contributed by atoms with Gasteiger partial charge in [-0.05, 0) is 31.1 Å². The van der Waals surface area contributed by atoms with Crippen molar-refractivity contribution in [1.82, 2.24) is 0 Å². The summed E-state index contributed by atoms with van der Waals surface area (Å²) in [6.07, 6.45) is 50.9. The van der Waals surface area contributed by atoms with Crippen molar-refractivity contribution in [2.24, 2.45) is 11.8 Å². The number of ether oxygens (including phenoxy) is 3. The Morgan fingerprint density at radius 3 is 0.839 bits per heavy atom. The highest BCUT2D eigenvalue weighted by molar-refractivity contribution is 5.71. The van der Waals surface area contributed by atoms with E-state index in [1.165, 1.54) is 199 Å². The monoisotopic (exact) mass is 877 g/mol. The van der Waals surface area contributed by atoms with Gasteiger partial charge >= 0.3 is 17.9 Å². The van der Waals surface area contributed by atoms with Crippen molar-refractivity contribution in [2.75, 3.05) is 13.2 Å². The molecule has 6 heteroatoms. The molecule has 0 saturated carbocycles. The van der Waals surface area contributed by atoms with Crippen LogP contribution in [0.1, 0.15) is 311 Å². The number of esters is 3. The van der Waals surface area contributed by atoms with Crippen LogP contribution in [0.2, 0.25) is 0 Å². The molecule has 0 aromatic carbocycles. The van der Waals surface area contributed by atoms with E-state index in [2.05, 4.69) is 34.6 Å². The predicted octanol–water partition coefficient (Wildman–Crippen LogP) is 18.1. The summed E-state index contributed by atoms with van der Waals surface area (Å²) >= 11 is 0. The maximum absolute atomic E-state index is 12.8. The molecule has 2 unspecified atom stereocenters. The summed E-state index contributed by atoms with van der Waals surface area (Å²) < 4.78 is 16.8. The molecule has 0 N–H and O–H groups in total. The second-order valence-electron chi connectivity index (χ2n) is 19.7. The molecule has 62 heavy (non-hydrogen) atoms. The number of rotatable bonds is 50. The molecular formula is C56H108O6. The van der Waals surface area contributed by atoms with Gasteiger partial charge in [-0.2, -0.15) is 0 Å². The Bertz CT molecular complexity index is 951. The minimum atomic E-state index is -0.762. The van der Waals surface area contributed by atoms with Crippen molar-refractivity contribution in [3.63, 3.8) is 0 Å². The van der Waals surface area contributed by atoms with Gasteiger partial charge < -0.3 is 14.2 Å². The first-order valence-electron chi connectivity index (χ1n) is 27.8. The summed E-state index contributed by atoms with van der Waals surface area (Å²) in [5, 5.41) is 0. The van der Waals surface area contributed by atoms with E-state index in [1.54, 1.807) is 0 Å². The summed E-state index contributed by atoms with van der Waals surface area (Å²) in [4.78, 5) is 38.0. The number of carbonyl (C=O) groups excluding carboxylic acids is 3. The highest BCUT2D eigenvalue weighted by atomic mass is 16.6. The zero-order chi connectivity index (χ0) is 45.4. The standard InChI is InChI=1S/C56H108O6/c1-6-9-10-11-12-13-14-24-28-31-38-43-48-56(59)62-53(50-61-55(58)47-42-37-33-32-35-40-45-52(5)8-3)49-60-54(57)46-41-36-30-27-25-22-20-18-16-15-17-19-21-23-26-29-34-39-44-51(4)7-2/h51-53H,6-50H2,1-5H3/t51?,52?,53-/m1/s1. The van der Waals surface area contributed by atoms with Gasteiger partial charge in [0.25, 0.3) is 0 Å². The van der Waals surface area contributed by atoms with Crippen molar-refractivity contribution in [1.29, 1.82) is 0 Å². The van der Waals surface area contributed by atoms with E-state index in [4.69, 9.17) is 14.2 Å². The molecule has 0 saturated heterocycles. The smallest absolute Gasteiger partial charge is 0.306 e. The second-order valence-corrected chi connectivity index (χ2v) is 19.7. The fourth-order valence-corrected chi connectivity index (χ4v) is 8.46. The van der Waals surface area contributed by atoms with Crippen LogP contribution in [0.5, 0.6) is 0 Å². The average Bonchev–Trinajstić information content (AvgIpc) is 3.27. The fraction of sp³-hybridized carbons (Fsp3) is 0.946. The first-order valence-corrected chi connectivity index (χ1v) is 27.8. The molecule has 0 rings (SSSR count). The topological polar surface area (TPSA) is 78.9 Å². The third-order valence-electron chi connectivity index (χ3n) is 13.4.